The molecule has 96 valence electrons. The Kier molecular flexibility index (Phi) is 4.39. The second-order valence-electron chi connectivity index (χ2n) is 4.62. The Morgan fingerprint density at radius 3 is 2.61 bits per heavy atom. The molecule has 0 bridgehead atoms. The first-order chi connectivity index (χ1) is 8.66. The Labute approximate surface area is 113 Å². The molecule has 3 nitrogen and oxygen atoms in total. The Balaban J connectivity index is 1.88. The fraction of sp³-hybridized carbons (Fsp3) is 0.357. The number of halogens is 1. The second-order valence-corrected chi connectivity index (χ2v) is 5.05. The highest BCUT2D eigenvalue weighted by atomic mass is 35.5. The van der Waals surface area contributed by atoms with E-state index < -0.39 is 0 Å². The van der Waals surface area contributed by atoms with Crippen molar-refractivity contribution in [1.82, 2.24) is 14.9 Å². The maximum Gasteiger partial charge on any atom is 0.0951 e. The van der Waals surface area contributed by atoms with E-state index in [0.29, 0.717) is 6.04 Å². The quantitative estimate of drug-likeness (QED) is 0.896. The summed E-state index contributed by atoms with van der Waals surface area (Å²) in [5.41, 5.74) is 2.44. The van der Waals surface area contributed by atoms with E-state index in [1.807, 2.05) is 36.8 Å². The number of benzene rings is 1. The van der Waals surface area contributed by atoms with Crippen molar-refractivity contribution in [2.24, 2.45) is 0 Å². The molecule has 2 rings (SSSR count). The lowest BCUT2D eigenvalue weighted by atomic mass is 10.2. The van der Waals surface area contributed by atoms with Crippen LogP contribution in [-0.2, 0) is 13.1 Å². The van der Waals surface area contributed by atoms with Gasteiger partial charge in [-0.3, -0.25) is 0 Å². The lowest BCUT2D eigenvalue weighted by molar-refractivity contribution is 0.550. The van der Waals surface area contributed by atoms with E-state index >= 15 is 0 Å². The summed E-state index contributed by atoms with van der Waals surface area (Å²) in [5.74, 6) is 0. The van der Waals surface area contributed by atoms with Crippen LogP contribution in [0.25, 0.3) is 0 Å². The van der Waals surface area contributed by atoms with Crippen LogP contribution in [0.1, 0.15) is 31.1 Å². The van der Waals surface area contributed by atoms with Gasteiger partial charge in [0.15, 0.2) is 0 Å². The molecule has 0 aliphatic rings. The Hall–Kier alpha value is -1.32. The van der Waals surface area contributed by atoms with Crippen molar-refractivity contribution < 1.29 is 0 Å². The molecular weight excluding hydrogens is 246 g/mol. The zero-order valence-electron chi connectivity index (χ0n) is 10.7. The van der Waals surface area contributed by atoms with Gasteiger partial charge in [0.1, 0.15) is 0 Å². The van der Waals surface area contributed by atoms with Crippen molar-refractivity contribution in [3.05, 3.63) is 53.1 Å². The predicted octanol–water partition coefficient (Wildman–Crippen LogP) is 3.41. The first-order valence-corrected chi connectivity index (χ1v) is 6.50. The van der Waals surface area contributed by atoms with Gasteiger partial charge in [-0.25, -0.2) is 4.98 Å². The molecule has 0 unspecified atom stereocenters. The van der Waals surface area contributed by atoms with Gasteiger partial charge < -0.3 is 9.88 Å². The monoisotopic (exact) mass is 263 g/mol. The average molecular weight is 264 g/mol. The number of aromatic nitrogens is 2. The lowest BCUT2D eigenvalue weighted by Gasteiger charge is -2.12. The largest absolute Gasteiger partial charge is 0.331 e. The second kappa shape index (κ2) is 6.03. The van der Waals surface area contributed by atoms with E-state index in [0.717, 1.165) is 18.1 Å². The molecule has 4 heteroatoms. The summed E-state index contributed by atoms with van der Waals surface area (Å²) in [7, 11) is 0. The molecule has 0 amide bonds. The van der Waals surface area contributed by atoms with Gasteiger partial charge in [-0.2, -0.15) is 0 Å². The van der Waals surface area contributed by atoms with Crippen molar-refractivity contribution in [2.75, 3.05) is 0 Å². The van der Waals surface area contributed by atoms with Crippen LogP contribution in [0.5, 0.6) is 0 Å². The van der Waals surface area contributed by atoms with E-state index in [9.17, 15) is 0 Å². The Bertz CT molecular complexity index is 488. The fourth-order valence-electron chi connectivity index (χ4n) is 1.87. The zero-order valence-corrected chi connectivity index (χ0v) is 11.5. The van der Waals surface area contributed by atoms with Crippen LogP contribution in [0.15, 0.2) is 36.8 Å². The molecule has 1 heterocycles. The third kappa shape index (κ3) is 3.34. The summed E-state index contributed by atoms with van der Waals surface area (Å²) in [5, 5.41) is 4.19. The first-order valence-electron chi connectivity index (χ1n) is 6.12. The lowest BCUT2D eigenvalue weighted by Crippen LogP contribution is -2.16. The van der Waals surface area contributed by atoms with Crippen LogP contribution in [0, 0.1) is 0 Å². The molecular formula is C14H18ClN3. The molecule has 0 fully saturated rings. The van der Waals surface area contributed by atoms with Crippen LogP contribution in [-0.4, -0.2) is 9.55 Å². The van der Waals surface area contributed by atoms with E-state index in [1.54, 1.807) is 0 Å². The molecule has 0 atom stereocenters. The number of hydrogen-bond donors (Lipinski definition) is 1. The molecule has 1 N–H and O–H groups in total. The highest BCUT2D eigenvalue weighted by Crippen LogP contribution is 2.10. The minimum atomic E-state index is 0.444. The zero-order chi connectivity index (χ0) is 13.0. The van der Waals surface area contributed by atoms with Crippen LogP contribution in [0.4, 0.5) is 0 Å². The molecule has 1 aromatic carbocycles. The van der Waals surface area contributed by atoms with Gasteiger partial charge in [-0.05, 0) is 31.5 Å². The molecule has 0 radical (unpaired) electrons. The molecule has 0 aliphatic carbocycles. The molecule has 0 aliphatic heterocycles. The number of rotatable bonds is 5. The van der Waals surface area contributed by atoms with Gasteiger partial charge in [-0.15, -0.1) is 0 Å². The Morgan fingerprint density at radius 2 is 1.94 bits per heavy atom. The van der Waals surface area contributed by atoms with E-state index in [4.69, 9.17) is 11.6 Å². The summed E-state index contributed by atoms with van der Waals surface area (Å²) in [6, 6.07) is 8.35. The van der Waals surface area contributed by atoms with Crippen molar-refractivity contribution in [2.45, 2.75) is 33.0 Å². The van der Waals surface area contributed by atoms with Gasteiger partial charge in [0.2, 0.25) is 0 Å². The first kappa shape index (κ1) is 13.1. The Morgan fingerprint density at radius 1 is 1.22 bits per heavy atom. The smallest absolute Gasteiger partial charge is 0.0951 e. The molecule has 1 aromatic heterocycles. The topological polar surface area (TPSA) is 29.9 Å². The van der Waals surface area contributed by atoms with E-state index in [-0.39, 0.29) is 0 Å². The average Bonchev–Trinajstić information content (AvgIpc) is 2.80. The fourth-order valence-corrected chi connectivity index (χ4v) is 2.00. The van der Waals surface area contributed by atoms with Crippen molar-refractivity contribution in [3.8, 4) is 0 Å². The molecule has 18 heavy (non-hydrogen) atoms. The van der Waals surface area contributed by atoms with Crippen LogP contribution < -0.4 is 5.32 Å². The van der Waals surface area contributed by atoms with Gasteiger partial charge >= 0.3 is 0 Å². The number of nitrogens with zero attached hydrogens (tertiary/aromatic N) is 2. The summed E-state index contributed by atoms with van der Waals surface area (Å²) in [4.78, 5) is 4.19. The molecule has 2 aromatic rings. The highest BCUT2D eigenvalue weighted by molar-refractivity contribution is 6.30. The summed E-state index contributed by atoms with van der Waals surface area (Å²) >= 11 is 5.85. The summed E-state index contributed by atoms with van der Waals surface area (Å²) < 4.78 is 2.18. The van der Waals surface area contributed by atoms with Crippen molar-refractivity contribution >= 4 is 11.6 Å². The maximum absolute atomic E-state index is 5.85. The standard InChI is InChI=1S/C14H18ClN3/c1-11(2)18-10-17-9-14(18)8-16-7-12-3-5-13(15)6-4-12/h3-6,9-11,16H,7-8H2,1-2H3. The van der Waals surface area contributed by atoms with Gasteiger partial charge in [0.25, 0.3) is 0 Å². The molecule has 0 spiro atoms. The third-order valence-corrected chi connectivity index (χ3v) is 3.10. The summed E-state index contributed by atoms with van der Waals surface area (Å²) in [6.07, 6.45) is 3.79. The predicted molar refractivity (Wildman–Crippen MR) is 74.6 cm³/mol. The van der Waals surface area contributed by atoms with Crippen LogP contribution >= 0.6 is 11.6 Å². The van der Waals surface area contributed by atoms with Crippen molar-refractivity contribution in [1.29, 1.82) is 0 Å². The third-order valence-electron chi connectivity index (χ3n) is 2.85. The van der Waals surface area contributed by atoms with Gasteiger partial charge in [0, 0.05) is 30.4 Å². The van der Waals surface area contributed by atoms with Crippen LogP contribution in [0.2, 0.25) is 5.02 Å². The SMILES string of the molecule is CC(C)n1cncc1CNCc1ccc(Cl)cc1. The van der Waals surface area contributed by atoms with E-state index in [2.05, 4.69) is 28.7 Å². The van der Waals surface area contributed by atoms with Gasteiger partial charge in [-0.1, -0.05) is 23.7 Å². The molecule has 0 saturated carbocycles. The van der Waals surface area contributed by atoms with Gasteiger partial charge in [0.05, 0.1) is 12.0 Å². The van der Waals surface area contributed by atoms with E-state index in [1.165, 1.54) is 11.3 Å². The van der Waals surface area contributed by atoms with Crippen LogP contribution in [0.3, 0.4) is 0 Å². The number of nitrogens with one attached hydrogen (secondary N) is 1. The maximum atomic E-state index is 5.85. The number of imidazole rings is 1. The molecule has 0 saturated heterocycles. The normalized spacial score (nSPS) is 11.1. The number of hydrogen-bond acceptors (Lipinski definition) is 2. The minimum absolute atomic E-state index is 0.444. The highest BCUT2D eigenvalue weighted by Gasteiger charge is 2.04. The van der Waals surface area contributed by atoms with Crippen molar-refractivity contribution in [3.63, 3.8) is 0 Å². The minimum Gasteiger partial charge on any atom is -0.331 e. The summed E-state index contributed by atoms with van der Waals surface area (Å²) in [6.45, 7) is 5.97.